The van der Waals surface area contributed by atoms with Gasteiger partial charge in [0.15, 0.2) is 0 Å². The maximum Gasteiger partial charge on any atom is 0.257 e. The smallest absolute Gasteiger partial charge is 0.257 e. The number of hydrogen-bond donors (Lipinski definition) is 2. The standard InChI is InChI=1S/C17H15ClN2O3S2/c1-11-14-9-12(18)7-8-15(14)24-16(11)10-17(21)19-20-25(22,23)13-5-3-2-4-6-13/h2-9,20H,10H2,1H3,(H,19,21). The van der Waals surface area contributed by atoms with Gasteiger partial charge in [0.1, 0.15) is 0 Å². The van der Waals surface area contributed by atoms with E-state index in [-0.39, 0.29) is 11.3 Å². The zero-order valence-corrected chi connectivity index (χ0v) is 15.6. The molecule has 0 radical (unpaired) electrons. The van der Waals surface area contributed by atoms with Gasteiger partial charge in [0.2, 0.25) is 5.91 Å². The van der Waals surface area contributed by atoms with Crippen molar-refractivity contribution in [3.8, 4) is 0 Å². The Labute approximate surface area is 154 Å². The van der Waals surface area contributed by atoms with Crippen LogP contribution in [0.4, 0.5) is 0 Å². The minimum Gasteiger partial charge on any atom is -0.277 e. The summed E-state index contributed by atoms with van der Waals surface area (Å²) in [6.45, 7) is 1.92. The monoisotopic (exact) mass is 394 g/mol. The molecule has 5 nitrogen and oxygen atoms in total. The largest absolute Gasteiger partial charge is 0.277 e. The Bertz CT molecular complexity index is 1030. The van der Waals surface area contributed by atoms with Crippen LogP contribution >= 0.6 is 22.9 Å². The van der Waals surface area contributed by atoms with Gasteiger partial charge in [-0.3, -0.25) is 10.2 Å². The molecule has 25 heavy (non-hydrogen) atoms. The maximum absolute atomic E-state index is 12.1. The highest BCUT2D eigenvalue weighted by molar-refractivity contribution is 7.89. The quantitative estimate of drug-likeness (QED) is 0.651. The van der Waals surface area contributed by atoms with E-state index in [1.54, 1.807) is 24.3 Å². The third-order valence-corrected chi connectivity index (χ3v) is 6.47. The molecule has 1 heterocycles. The first kappa shape index (κ1) is 17.9. The Balaban J connectivity index is 1.70. The van der Waals surface area contributed by atoms with E-state index in [1.807, 2.05) is 19.1 Å². The zero-order valence-electron chi connectivity index (χ0n) is 13.2. The molecular weight excluding hydrogens is 380 g/mol. The molecule has 0 spiro atoms. The average molecular weight is 395 g/mol. The number of halogens is 1. The molecule has 8 heteroatoms. The van der Waals surface area contributed by atoms with E-state index in [1.165, 1.54) is 23.5 Å². The highest BCUT2D eigenvalue weighted by Crippen LogP contribution is 2.32. The fourth-order valence-corrected chi connectivity index (χ4v) is 4.63. The van der Waals surface area contributed by atoms with Crippen LogP contribution in [0.15, 0.2) is 53.4 Å². The van der Waals surface area contributed by atoms with Crippen molar-refractivity contribution in [3.05, 3.63) is 64.0 Å². The Morgan fingerprint density at radius 3 is 2.60 bits per heavy atom. The van der Waals surface area contributed by atoms with E-state index in [0.717, 1.165) is 20.5 Å². The van der Waals surface area contributed by atoms with Gasteiger partial charge < -0.3 is 0 Å². The van der Waals surface area contributed by atoms with Gasteiger partial charge in [-0.15, -0.1) is 16.2 Å². The molecule has 1 amide bonds. The molecule has 3 rings (SSSR count). The third-order valence-electron chi connectivity index (χ3n) is 3.70. The van der Waals surface area contributed by atoms with Crippen LogP contribution in [0.1, 0.15) is 10.4 Å². The SMILES string of the molecule is Cc1c(CC(=O)NNS(=O)(=O)c2ccccc2)sc2ccc(Cl)cc12. The Kier molecular flexibility index (Phi) is 5.10. The number of benzene rings is 2. The normalized spacial score (nSPS) is 11.6. The summed E-state index contributed by atoms with van der Waals surface area (Å²) >= 11 is 7.51. The fourth-order valence-electron chi connectivity index (χ4n) is 2.39. The van der Waals surface area contributed by atoms with E-state index in [2.05, 4.69) is 10.3 Å². The predicted octanol–water partition coefficient (Wildman–Crippen LogP) is 3.42. The number of carbonyl (C=O) groups excluding carboxylic acids is 1. The molecule has 0 saturated carbocycles. The molecule has 2 N–H and O–H groups in total. The molecule has 0 aliphatic heterocycles. The van der Waals surface area contributed by atoms with E-state index >= 15 is 0 Å². The summed E-state index contributed by atoms with van der Waals surface area (Å²) in [6, 6.07) is 13.4. The molecule has 0 aliphatic rings. The number of rotatable bonds is 5. The predicted molar refractivity (Wildman–Crippen MR) is 100 cm³/mol. The van der Waals surface area contributed by atoms with Crippen molar-refractivity contribution in [3.63, 3.8) is 0 Å². The maximum atomic E-state index is 12.1. The third kappa shape index (κ3) is 4.01. The fraction of sp³-hybridized carbons (Fsp3) is 0.118. The molecule has 3 aromatic rings. The van der Waals surface area contributed by atoms with Crippen LogP contribution in [0, 0.1) is 6.92 Å². The molecule has 2 aromatic carbocycles. The second-order valence-electron chi connectivity index (χ2n) is 5.43. The number of sulfonamides is 1. The lowest BCUT2D eigenvalue weighted by molar-refractivity contribution is -0.120. The Morgan fingerprint density at radius 1 is 1.16 bits per heavy atom. The van der Waals surface area contributed by atoms with Crippen LogP contribution in [0.3, 0.4) is 0 Å². The van der Waals surface area contributed by atoms with Gasteiger partial charge >= 0.3 is 0 Å². The van der Waals surface area contributed by atoms with Crippen molar-refractivity contribution in [2.75, 3.05) is 0 Å². The summed E-state index contributed by atoms with van der Waals surface area (Å²) in [5.74, 6) is -0.430. The van der Waals surface area contributed by atoms with Crippen LogP contribution in [0.25, 0.3) is 10.1 Å². The van der Waals surface area contributed by atoms with Crippen LogP contribution in [-0.4, -0.2) is 14.3 Å². The Hall–Kier alpha value is -1.93. The highest BCUT2D eigenvalue weighted by atomic mass is 35.5. The highest BCUT2D eigenvalue weighted by Gasteiger charge is 2.16. The van der Waals surface area contributed by atoms with Crippen molar-refractivity contribution >= 4 is 49.0 Å². The minimum atomic E-state index is -3.78. The number of carbonyl (C=O) groups is 1. The number of thiophene rings is 1. The number of fused-ring (bicyclic) bond motifs is 1. The molecule has 0 aliphatic carbocycles. The molecular formula is C17H15ClN2O3S2. The number of amides is 1. The molecule has 1 aromatic heterocycles. The molecule has 0 atom stereocenters. The summed E-state index contributed by atoms with van der Waals surface area (Å²) in [6.07, 6.45) is 0.0834. The van der Waals surface area contributed by atoms with Gasteiger partial charge in [-0.05, 0) is 48.2 Å². The van der Waals surface area contributed by atoms with Crippen LogP contribution < -0.4 is 10.3 Å². The zero-order chi connectivity index (χ0) is 18.0. The number of hydrazine groups is 1. The van der Waals surface area contributed by atoms with Gasteiger partial charge in [0.05, 0.1) is 11.3 Å². The summed E-state index contributed by atoms with van der Waals surface area (Å²) in [4.78, 5) is 15.2. The van der Waals surface area contributed by atoms with E-state index in [9.17, 15) is 13.2 Å². The van der Waals surface area contributed by atoms with Gasteiger partial charge in [-0.2, -0.15) is 0 Å². The van der Waals surface area contributed by atoms with Crippen molar-refractivity contribution in [2.24, 2.45) is 0 Å². The van der Waals surface area contributed by atoms with Crippen LogP contribution in [-0.2, 0) is 21.2 Å². The number of hydrogen-bond acceptors (Lipinski definition) is 4. The van der Waals surface area contributed by atoms with Gasteiger partial charge in [0.25, 0.3) is 10.0 Å². The summed E-state index contributed by atoms with van der Waals surface area (Å²) < 4.78 is 25.2. The van der Waals surface area contributed by atoms with Crippen LogP contribution in [0.2, 0.25) is 5.02 Å². The first-order chi connectivity index (χ1) is 11.9. The lowest BCUT2D eigenvalue weighted by Crippen LogP contribution is -2.42. The number of nitrogens with one attached hydrogen (secondary N) is 2. The molecule has 0 fully saturated rings. The lowest BCUT2D eigenvalue weighted by atomic mass is 10.1. The lowest BCUT2D eigenvalue weighted by Gasteiger charge is -2.08. The molecule has 0 unspecified atom stereocenters. The summed E-state index contributed by atoms with van der Waals surface area (Å²) in [7, 11) is -3.78. The Morgan fingerprint density at radius 2 is 1.88 bits per heavy atom. The molecule has 0 saturated heterocycles. The van der Waals surface area contributed by atoms with Crippen LogP contribution in [0.5, 0.6) is 0 Å². The second-order valence-corrected chi connectivity index (χ2v) is 8.69. The topological polar surface area (TPSA) is 75.3 Å². The van der Waals surface area contributed by atoms with Crippen molar-refractivity contribution in [1.82, 2.24) is 10.3 Å². The van der Waals surface area contributed by atoms with E-state index in [0.29, 0.717) is 5.02 Å². The van der Waals surface area contributed by atoms with Crippen molar-refractivity contribution in [2.45, 2.75) is 18.2 Å². The van der Waals surface area contributed by atoms with Gasteiger partial charge in [-0.25, -0.2) is 8.42 Å². The first-order valence-corrected chi connectivity index (χ1v) is 10.1. The average Bonchev–Trinajstić information content (AvgIpc) is 2.90. The number of aryl methyl sites for hydroxylation is 1. The molecule has 130 valence electrons. The first-order valence-electron chi connectivity index (χ1n) is 7.40. The van der Waals surface area contributed by atoms with E-state index in [4.69, 9.17) is 11.6 Å². The summed E-state index contributed by atoms with van der Waals surface area (Å²) in [5, 5.41) is 1.64. The van der Waals surface area contributed by atoms with Gasteiger partial charge in [0, 0.05) is 14.6 Å². The minimum absolute atomic E-state index is 0.0834. The molecule has 0 bridgehead atoms. The summed E-state index contributed by atoms with van der Waals surface area (Å²) in [5.41, 5.74) is 3.23. The van der Waals surface area contributed by atoms with Crippen molar-refractivity contribution in [1.29, 1.82) is 0 Å². The van der Waals surface area contributed by atoms with Gasteiger partial charge in [-0.1, -0.05) is 29.8 Å². The van der Waals surface area contributed by atoms with Crippen molar-refractivity contribution < 1.29 is 13.2 Å². The van der Waals surface area contributed by atoms with E-state index < -0.39 is 15.9 Å². The second kappa shape index (κ2) is 7.13.